The summed E-state index contributed by atoms with van der Waals surface area (Å²) >= 11 is 0. The lowest BCUT2D eigenvalue weighted by Gasteiger charge is -2.27. The Balaban J connectivity index is 2.02. The van der Waals surface area contributed by atoms with Crippen LogP contribution in [0.25, 0.3) is 10.8 Å². The highest BCUT2D eigenvalue weighted by Gasteiger charge is 2.35. The summed E-state index contributed by atoms with van der Waals surface area (Å²) in [5.74, 6) is -0.975. The van der Waals surface area contributed by atoms with Crippen molar-refractivity contribution in [3.05, 3.63) is 65.0 Å². The lowest BCUT2D eigenvalue weighted by molar-refractivity contribution is 0.0519. The van der Waals surface area contributed by atoms with Crippen LogP contribution in [0.2, 0.25) is 0 Å². The quantitative estimate of drug-likeness (QED) is 0.344. The first-order valence-electron chi connectivity index (χ1n) is 11.0. The van der Waals surface area contributed by atoms with Gasteiger partial charge in [0.05, 0.1) is 24.2 Å². The van der Waals surface area contributed by atoms with Gasteiger partial charge in [-0.05, 0) is 56.2 Å². The van der Waals surface area contributed by atoms with Crippen molar-refractivity contribution in [2.24, 2.45) is 0 Å². The Morgan fingerprint density at radius 3 is 2.41 bits per heavy atom. The van der Waals surface area contributed by atoms with E-state index in [-0.39, 0.29) is 35.9 Å². The number of H-pyrrole nitrogens is 1. The molecule has 0 saturated heterocycles. The summed E-state index contributed by atoms with van der Waals surface area (Å²) in [4.78, 5) is 28.8. The van der Waals surface area contributed by atoms with Crippen LogP contribution in [-0.2, 0) is 19.5 Å². The third-order valence-electron chi connectivity index (χ3n) is 5.82. The maximum absolute atomic E-state index is 13.7. The number of aromatic nitrogens is 1. The van der Waals surface area contributed by atoms with Gasteiger partial charge < -0.3 is 14.5 Å². The minimum atomic E-state index is -4.03. The third kappa shape index (κ3) is 4.91. The van der Waals surface area contributed by atoms with E-state index < -0.39 is 27.8 Å². The van der Waals surface area contributed by atoms with E-state index >= 15 is 0 Å². The fraction of sp³-hybridized carbons (Fsp3) is 0.360. The van der Waals surface area contributed by atoms with Crippen LogP contribution in [0.1, 0.15) is 46.0 Å². The first kappa shape index (κ1) is 25.6. The Morgan fingerprint density at radius 1 is 1.09 bits per heavy atom. The summed E-state index contributed by atoms with van der Waals surface area (Å²) in [6, 6.07) is 11.3. The highest BCUT2D eigenvalue weighted by atomic mass is 32.2. The van der Waals surface area contributed by atoms with E-state index in [0.717, 1.165) is 15.1 Å². The standard InChI is InChI=1S/C25H30N2O6S/c1-6-33-25(29)23-16(2)22(17(3)26-23)24(28)18(4)27(13-14-32-5)34(30,31)21-12-11-19-9-7-8-10-20(19)15-21/h7-12,15,18,26H,6,13-14H2,1-5H3. The molecule has 9 heteroatoms. The number of hydrogen-bond donors (Lipinski definition) is 1. The van der Waals surface area contributed by atoms with Crippen molar-refractivity contribution in [1.82, 2.24) is 9.29 Å². The number of aromatic amines is 1. The molecule has 0 saturated carbocycles. The van der Waals surface area contributed by atoms with Gasteiger partial charge in [0.25, 0.3) is 0 Å². The predicted molar refractivity (Wildman–Crippen MR) is 130 cm³/mol. The second-order valence-corrected chi connectivity index (χ2v) is 9.89. The summed E-state index contributed by atoms with van der Waals surface area (Å²) in [5.41, 5.74) is 1.39. The highest BCUT2D eigenvalue weighted by Crippen LogP contribution is 2.27. The molecule has 34 heavy (non-hydrogen) atoms. The number of benzene rings is 2. The minimum Gasteiger partial charge on any atom is -0.461 e. The summed E-state index contributed by atoms with van der Waals surface area (Å²) in [6.07, 6.45) is 0. The largest absolute Gasteiger partial charge is 0.461 e. The average molecular weight is 487 g/mol. The van der Waals surface area contributed by atoms with E-state index in [1.165, 1.54) is 7.11 Å². The summed E-state index contributed by atoms with van der Waals surface area (Å²) in [7, 11) is -2.56. The number of esters is 1. The molecule has 0 spiro atoms. The number of hydrogen-bond acceptors (Lipinski definition) is 6. The van der Waals surface area contributed by atoms with E-state index in [9.17, 15) is 18.0 Å². The number of nitrogens with zero attached hydrogens (tertiary/aromatic N) is 1. The molecule has 3 aromatic rings. The number of ether oxygens (including phenoxy) is 2. The van der Waals surface area contributed by atoms with Gasteiger partial charge in [0.15, 0.2) is 5.78 Å². The van der Waals surface area contributed by atoms with Crippen molar-refractivity contribution >= 4 is 32.5 Å². The predicted octanol–water partition coefficient (Wildman–Crippen LogP) is 3.87. The Labute approximate surface area is 199 Å². The van der Waals surface area contributed by atoms with E-state index in [2.05, 4.69) is 4.98 Å². The van der Waals surface area contributed by atoms with Crippen LogP contribution in [0.15, 0.2) is 47.4 Å². The van der Waals surface area contributed by atoms with Gasteiger partial charge in [0.2, 0.25) is 10.0 Å². The Morgan fingerprint density at radius 2 is 1.76 bits per heavy atom. The zero-order chi connectivity index (χ0) is 25.0. The summed E-state index contributed by atoms with van der Waals surface area (Å²) < 4.78 is 38.7. The van der Waals surface area contributed by atoms with Crippen molar-refractivity contribution in [2.75, 3.05) is 26.9 Å². The number of ketones is 1. The number of sulfonamides is 1. The molecule has 0 radical (unpaired) electrons. The Kier molecular flexibility index (Phi) is 7.91. The Hall–Kier alpha value is -3.01. The van der Waals surface area contributed by atoms with Crippen LogP contribution in [0, 0.1) is 13.8 Å². The van der Waals surface area contributed by atoms with Gasteiger partial charge in [-0.2, -0.15) is 4.31 Å². The van der Waals surface area contributed by atoms with Crippen LogP contribution in [0.5, 0.6) is 0 Å². The molecule has 1 N–H and O–H groups in total. The molecule has 1 aromatic heterocycles. The van der Waals surface area contributed by atoms with E-state index in [4.69, 9.17) is 9.47 Å². The number of nitrogens with one attached hydrogen (secondary N) is 1. The van der Waals surface area contributed by atoms with Gasteiger partial charge in [-0.1, -0.05) is 30.3 Å². The van der Waals surface area contributed by atoms with Crippen molar-refractivity contribution < 1.29 is 27.5 Å². The van der Waals surface area contributed by atoms with Crippen molar-refractivity contribution in [2.45, 2.75) is 38.6 Å². The summed E-state index contributed by atoms with van der Waals surface area (Å²) in [6.45, 7) is 6.87. The molecule has 1 unspecified atom stereocenters. The molecular weight excluding hydrogens is 456 g/mol. The maximum atomic E-state index is 13.7. The minimum absolute atomic E-state index is 0.00812. The topological polar surface area (TPSA) is 106 Å². The fourth-order valence-electron chi connectivity index (χ4n) is 4.03. The summed E-state index contributed by atoms with van der Waals surface area (Å²) in [5, 5.41) is 1.70. The van der Waals surface area contributed by atoms with Gasteiger partial charge >= 0.3 is 5.97 Å². The number of carbonyl (C=O) groups is 2. The first-order chi connectivity index (χ1) is 16.1. The van der Waals surface area contributed by atoms with Gasteiger partial charge in [0, 0.05) is 24.9 Å². The van der Waals surface area contributed by atoms with Crippen LogP contribution >= 0.6 is 0 Å². The molecule has 0 aliphatic carbocycles. The zero-order valence-corrected chi connectivity index (χ0v) is 20.9. The fourth-order valence-corrected chi connectivity index (χ4v) is 5.65. The lowest BCUT2D eigenvalue weighted by atomic mass is 10.0. The number of rotatable bonds is 10. The number of Topliss-reactive ketones (excluding diaryl/α,β-unsaturated/α-hetero) is 1. The molecule has 8 nitrogen and oxygen atoms in total. The molecule has 182 valence electrons. The SMILES string of the molecule is CCOC(=O)c1[nH]c(C)c(C(=O)C(C)N(CCOC)S(=O)(=O)c2ccc3ccccc3c2)c1C. The van der Waals surface area contributed by atoms with Crippen molar-refractivity contribution in [3.63, 3.8) is 0 Å². The van der Waals surface area contributed by atoms with Crippen molar-refractivity contribution in [3.8, 4) is 0 Å². The molecule has 0 fully saturated rings. The Bertz CT molecular complexity index is 1310. The van der Waals surface area contributed by atoms with E-state index in [1.54, 1.807) is 45.9 Å². The highest BCUT2D eigenvalue weighted by molar-refractivity contribution is 7.89. The third-order valence-corrected chi connectivity index (χ3v) is 7.78. The molecule has 3 rings (SSSR count). The number of methoxy groups -OCH3 is 1. The van der Waals surface area contributed by atoms with Gasteiger partial charge in [0.1, 0.15) is 5.69 Å². The number of fused-ring (bicyclic) bond motifs is 1. The second-order valence-electron chi connectivity index (χ2n) is 8.00. The van der Waals surface area contributed by atoms with E-state index in [0.29, 0.717) is 11.3 Å². The molecular formula is C25H30N2O6S. The number of aryl methyl sites for hydroxylation is 1. The van der Waals surface area contributed by atoms with Gasteiger partial charge in [-0.3, -0.25) is 4.79 Å². The van der Waals surface area contributed by atoms with Crippen molar-refractivity contribution in [1.29, 1.82) is 0 Å². The van der Waals surface area contributed by atoms with Crippen LogP contribution in [0.4, 0.5) is 0 Å². The molecule has 0 aliphatic rings. The molecule has 2 aromatic carbocycles. The molecule has 0 amide bonds. The molecule has 0 aliphatic heterocycles. The molecule has 1 heterocycles. The molecule has 1 atom stereocenters. The first-order valence-corrected chi connectivity index (χ1v) is 12.5. The number of carbonyl (C=O) groups excluding carboxylic acids is 2. The average Bonchev–Trinajstić information content (AvgIpc) is 3.12. The smallest absolute Gasteiger partial charge is 0.355 e. The van der Waals surface area contributed by atoms with Crippen LogP contribution < -0.4 is 0 Å². The zero-order valence-electron chi connectivity index (χ0n) is 20.0. The second kappa shape index (κ2) is 10.5. The van der Waals surface area contributed by atoms with Gasteiger partial charge in [-0.15, -0.1) is 0 Å². The monoisotopic (exact) mass is 486 g/mol. The maximum Gasteiger partial charge on any atom is 0.355 e. The van der Waals surface area contributed by atoms with Gasteiger partial charge in [-0.25, -0.2) is 13.2 Å². The molecule has 0 bridgehead atoms. The normalized spacial score (nSPS) is 12.8. The van der Waals surface area contributed by atoms with Crippen LogP contribution in [0.3, 0.4) is 0 Å². The van der Waals surface area contributed by atoms with Crippen LogP contribution in [-0.4, -0.2) is 62.4 Å². The lowest BCUT2D eigenvalue weighted by Crippen LogP contribution is -2.45. The van der Waals surface area contributed by atoms with E-state index in [1.807, 2.05) is 24.3 Å².